The summed E-state index contributed by atoms with van der Waals surface area (Å²) in [6, 6.07) is 9.94. The number of ether oxygens (including phenoxy) is 5. The maximum Gasteiger partial charge on any atom is 0.229 e. The van der Waals surface area contributed by atoms with E-state index in [1.165, 1.54) is 0 Å². The molecule has 3 aliphatic heterocycles. The molecule has 45 heavy (non-hydrogen) atoms. The molecule has 0 aromatic heterocycles. The Morgan fingerprint density at radius 2 is 1.47 bits per heavy atom. The Kier molecular flexibility index (Phi) is 10.4. The first-order valence-electron chi connectivity index (χ1n) is 15.6. The number of fused-ring (bicyclic) bond motifs is 3. The molecule has 3 aliphatic rings. The quantitative estimate of drug-likeness (QED) is 0.184. The molecule has 0 unspecified atom stereocenters. The maximum atomic E-state index is 11.2. The molecule has 2 fully saturated rings. The zero-order valence-electron chi connectivity index (χ0n) is 26.1. The molecule has 12 nitrogen and oxygen atoms in total. The average molecular weight is 635 g/mol. The van der Waals surface area contributed by atoms with Crippen molar-refractivity contribution in [1.29, 1.82) is 0 Å². The van der Waals surface area contributed by atoms with Crippen molar-refractivity contribution in [3.63, 3.8) is 0 Å². The van der Waals surface area contributed by atoms with E-state index in [0.29, 0.717) is 17.1 Å². The van der Waals surface area contributed by atoms with Crippen LogP contribution in [-0.4, -0.2) is 110 Å². The van der Waals surface area contributed by atoms with Crippen LogP contribution in [0.2, 0.25) is 0 Å². The number of rotatable bonds is 10. The summed E-state index contributed by atoms with van der Waals surface area (Å²) in [6.45, 7) is 6.77. The number of unbranched alkanes of at least 4 members (excludes halogenated alkanes) is 2. The number of aliphatic hydroxyl groups excluding tert-OH is 7. The lowest BCUT2D eigenvalue weighted by molar-refractivity contribution is -0.357. The van der Waals surface area contributed by atoms with Gasteiger partial charge >= 0.3 is 0 Å². The predicted octanol–water partition coefficient (Wildman–Crippen LogP) is 1.03. The molecule has 12 heteroatoms. The van der Waals surface area contributed by atoms with Gasteiger partial charge in [-0.1, -0.05) is 43.5 Å². The third kappa shape index (κ3) is 6.72. The summed E-state index contributed by atoms with van der Waals surface area (Å²) >= 11 is 0. The van der Waals surface area contributed by atoms with Crippen LogP contribution in [0.25, 0.3) is 11.1 Å². The summed E-state index contributed by atoms with van der Waals surface area (Å²) in [5.74, 6) is 0.956. The molecule has 250 valence electrons. The van der Waals surface area contributed by atoms with Crippen LogP contribution in [0.5, 0.6) is 11.5 Å². The minimum Gasteiger partial charge on any atom is -0.482 e. The second-order valence-electron chi connectivity index (χ2n) is 12.7. The minimum atomic E-state index is -1.77. The zero-order chi connectivity index (χ0) is 32.6. The number of benzene rings is 2. The topological polar surface area (TPSA) is 188 Å². The van der Waals surface area contributed by atoms with Gasteiger partial charge in [0.05, 0.1) is 18.8 Å². The highest BCUT2D eigenvalue weighted by molar-refractivity contribution is 5.82. The monoisotopic (exact) mass is 634 g/mol. The molecule has 0 saturated carbocycles. The Morgan fingerprint density at radius 3 is 2.13 bits per heavy atom. The number of hydrogen-bond acceptors (Lipinski definition) is 12. The normalized spacial score (nSPS) is 34.0. The molecular weight excluding hydrogens is 588 g/mol. The molecular formula is C33H46O12. The summed E-state index contributed by atoms with van der Waals surface area (Å²) in [7, 11) is 0. The Balaban J connectivity index is 1.56. The SMILES string of the molecule is CCCCCc1cc(O[C@@H]2O[C@H](CO)[C@@H](O)[C@H](O)[C@H]2O[C@@H]2O[C@H](CO)[C@@H](O)[C@H](O)[C@H]2O)c2c(c1)OC(C)(C)c1ccc(C)cc1-2. The molecule has 10 atom stereocenters. The number of aryl methyl sites for hydroxylation is 2. The highest BCUT2D eigenvalue weighted by Crippen LogP contribution is 2.51. The Morgan fingerprint density at radius 1 is 0.800 bits per heavy atom. The summed E-state index contributed by atoms with van der Waals surface area (Å²) in [6.07, 6.45) is -11.8. The van der Waals surface area contributed by atoms with E-state index in [2.05, 4.69) is 6.92 Å². The van der Waals surface area contributed by atoms with Gasteiger partial charge in [-0.15, -0.1) is 0 Å². The summed E-state index contributed by atoms with van der Waals surface area (Å²) in [5.41, 5.74) is 3.80. The highest BCUT2D eigenvalue weighted by Gasteiger charge is 2.51. The second-order valence-corrected chi connectivity index (χ2v) is 12.7. The van der Waals surface area contributed by atoms with Crippen LogP contribution < -0.4 is 9.47 Å². The van der Waals surface area contributed by atoms with Crippen molar-refractivity contribution in [2.45, 2.75) is 120 Å². The van der Waals surface area contributed by atoms with Crippen LogP contribution in [0.1, 0.15) is 56.7 Å². The molecule has 0 spiro atoms. The fourth-order valence-electron chi connectivity index (χ4n) is 6.28. The molecule has 0 bridgehead atoms. The summed E-state index contributed by atoms with van der Waals surface area (Å²) in [5, 5.41) is 72.7. The fraction of sp³-hybridized carbons (Fsp3) is 0.636. The van der Waals surface area contributed by atoms with E-state index in [-0.39, 0.29) is 0 Å². The van der Waals surface area contributed by atoms with Gasteiger partial charge in [0.2, 0.25) is 6.29 Å². The minimum absolute atomic E-state index is 0.356. The van der Waals surface area contributed by atoms with Gasteiger partial charge < -0.3 is 59.4 Å². The van der Waals surface area contributed by atoms with Crippen LogP contribution in [0, 0.1) is 6.92 Å². The molecule has 0 aliphatic carbocycles. The third-order valence-electron chi connectivity index (χ3n) is 8.86. The van der Waals surface area contributed by atoms with Crippen LogP contribution in [0.15, 0.2) is 30.3 Å². The second kappa shape index (κ2) is 13.8. The first kappa shape index (κ1) is 34.0. The number of hydrogen-bond donors (Lipinski definition) is 7. The van der Waals surface area contributed by atoms with Crippen molar-refractivity contribution >= 4 is 0 Å². The van der Waals surface area contributed by atoms with Gasteiger partial charge in [-0.25, -0.2) is 0 Å². The Bertz CT molecular complexity index is 1310. The van der Waals surface area contributed by atoms with Crippen LogP contribution in [0.3, 0.4) is 0 Å². The number of aliphatic hydroxyl groups is 7. The van der Waals surface area contributed by atoms with Gasteiger partial charge in [0, 0.05) is 5.56 Å². The summed E-state index contributed by atoms with van der Waals surface area (Å²) < 4.78 is 30.4. The van der Waals surface area contributed by atoms with Gasteiger partial charge in [0.25, 0.3) is 0 Å². The van der Waals surface area contributed by atoms with Crippen molar-refractivity contribution in [2.75, 3.05) is 13.2 Å². The van der Waals surface area contributed by atoms with E-state index in [0.717, 1.165) is 47.9 Å². The lowest BCUT2D eigenvalue weighted by atomic mass is 9.84. The molecule has 0 radical (unpaired) electrons. The zero-order valence-corrected chi connectivity index (χ0v) is 26.1. The van der Waals surface area contributed by atoms with E-state index in [4.69, 9.17) is 23.7 Å². The predicted molar refractivity (Wildman–Crippen MR) is 161 cm³/mol. The van der Waals surface area contributed by atoms with E-state index in [1.54, 1.807) is 0 Å². The molecule has 2 saturated heterocycles. The van der Waals surface area contributed by atoms with Crippen LogP contribution >= 0.6 is 0 Å². The molecule has 7 N–H and O–H groups in total. The van der Waals surface area contributed by atoms with Crippen molar-refractivity contribution in [3.8, 4) is 22.6 Å². The maximum absolute atomic E-state index is 11.2. The fourth-order valence-corrected chi connectivity index (χ4v) is 6.28. The molecule has 2 aromatic rings. The Labute approximate surface area is 262 Å². The summed E-state index contributed by atoms with van der Waals surface area (Å²) in [4.78, 5) is 0. The van der Waals surface area contributed by atoms with Gasteiger partial charge in [-0.3, -0.25) is 0 Å². The lowest BCUT2D eigenvalue weighted by Gasteiger charge is -2.46. The van der Waals surface area contributed by atoms with Crippen molar-refractivity contribution < 1.29 is 59.4 Å². The average Bonchev–Trinajstić information content (AvgIpc) is 3.00. The standard InChI is InChI=1S/C33H46O12/c1-5-6-7-8-17-12-20(24-18-11-16(2)9-10-19(18)33(3,4)45-21(24)13-17)41-32-30(28(39)26(37)23(15-35)43-32)44-31-29(40)27(38)25(36)22(14-34)42-31/h9-13,22-23,25-32,34-40H,5-8,14-15H2,1-4H3/t22-,23-,25-,26-,27+,28+,29-,30-,31+,32-/m1/s1. The Hall–Kier alpha value is -2.36. The molecule has 2 aromatic carbocycles. The van der Waals surface area contributed by atoms with Gasteiger partial charge in [0.15, 0.2) is 12.4 Å². The first-order valence-corrected chi connectivity index (χ1v) is 15.6. The van der Waals surface area contributed by atoms with Crippen LogP contribution in [0.4, 0.5) is 0 Å². The van der Waals surface area contributed by atoms with Crippen molar-refractivity contribution in [3.05, 3.63) is 47.0 Å². The highest BCUT2D eigenvalue weighted by atomic mass is 16.8. The molecule has 0 amide bonds. The first-order chi connectivity index (χ1) is 21.4. The van der Waals surface area contributed by atoms with Crippen LogP contribution in [-0.2, 0) is 26.2 Å². The molecule has 3 heterocycles. The van der Waals surface area contributed by atoms with E-state index >= 15 is 0 Å². The largest absolute Gasteiger partial charge is 0.482 e. The van der Waals surface area contributed by atoms with Gasteiger partial charge in [-0.2, -0.15) is 0 Å². The van der Waals surface area contributed by atoms with Gasteiger partial charge in [-0.05, 0) is 56.9 Å². The van der Waals surface area contributed by atoms with Crippen molar-refractivity contribution in [2.24, 2.45) is 0 Å². The van der Waals surface area contributed by atoms with Gasteiger partial charge in [0.1, 0.15) is 59.8 Å². The lowest BCUT2D eigenvalue weighted by Crippen LogP contribution is -2.65. The third-order valence-corrected chi connectivity index (χ3v) is 8.86. The van der Waals surface area contributed by atoms with E-state index < -0.39 is 80.2 Å². The van der Waals surface area contributed by atoms with Crippen molar-refractivity contribution in [1.82, 2.24) is 0 Å². The smallest absolute Gasteiger partial charge is 0.229 e. The van der Waals surface area contributed by atoms with E-state index in [1.807, 2.05) is 51.1 Å². The van der Waals surface area contributed by atoms with E-state index in [9.17, 15) is 35.7 Å². The molecule has 5 rings (SSSR count).